The van der Waals surface area contributed by atoms with E-state index < -0.39 is 5.97 Å². The van der Waals surface area contributed by atoms with Crippen molar-refractivity contribution < 1.29 is 14.6 Å². The molecule has 0 bridgehead atoms. The molecule has 0 aliphatic carbocycles. The Balaban J connectivity index is 2.27. The zero-order chi connectivity index (χ0) is 17.0. The quantitative estimate of drug-likeness (QED) is 0.615. The van der Waals surface area contributed by atoms with Crippen molar-refractivity contribution in [3.05, 3.63) is 39.7 Å². The van der Waals surface area contributed by atoms with Gasteiger partial charge in [0.05, 0.1) is 0 Å². The van der Waals surface area contributed by atoms with E-state index in [2.05, 4.69) is 23.7 Å². The molecular formula is C17H18N2O3Se. The zero-order valence-electron chi connectivity index (χ0n) is 13.3. The van der Waals surface area contributed by atoms with Gasteiger partial charge in [-0.3, -0.25) is 0 Å². The van der Waals surface area contributed by atoms with Crippen molar-refractivity contribution in [2.24, 2.45) is 5.92 Å². The van der Waals surface area contributed by atoms with E-state index in [0.717, 1.165) is 16.6 Å². The Morgan fingerprint density at radius 3 is 2.78 bits per heavy atom. The summed E-state index contributed by atoms with van der Waals surface area (Å²) >= 11 is -0.338. The molecule has 1 heterocycles. The number of aryl methyl sites for hydroxylation is 1. The van der Waals surface area contributed by atoms with Crippen LogP contribution in [0.25, 0.3) is 15.0 Å². The van der Waals surface area contributed by atoms with E-state index in [1.165, 1.54) is 0 Å². The SMILES string of the molecule is [C-]#[N+]c1cc(-c2nc(C)c(C(=O)O)[se]2)ccc1OCCC(C)C. The van der Waals surface area contributed by atoms with Crippen LogP contribution in [0, 0.1) is 19.4 Å². The Morgan fingerprint density at radius 1 is 1.48 bits per heavy atom. The van der Waals surface area contributed by atoms with Crippen LogP contribution in [-0.2, 0) is 0 Å². The minimum atomic E-state index is -0.916. The van der Waals surface area contributed by atoms with Crippen LogP contribution in [0.5, 0.6) is 5.75 Å². The first-order chi connectivity index (χ1) is 10.9. The number of aromatic carboxylic acids is 1. The number of hydrogen-bond acceptors (Lipinski definition) is 3. The number of rotatable bonds is 6. The Labute approximate surface area is 141 Å². The third-order valence-electron chi connectivity index (χ3n) is 3.27. The van der Waals surface area contributed by atoms with E-state index in [1.807, 2.05) is 6.07 Å². The molecule has 1 N–H and O–H groups in total. The van der Waals surface area contributed by atoms with Crippen LogP contribution in [0.1, 0.15) is 35.2 Å². The first-order valence-electron chi connectivity index (χ1n) is 7.27. The number of carboxylic acid groups (broad SMARTS) is 1. The van der Waals surface area contributed by atoms with Gasteiger partial charge >= 0.3 is 141 Å². The van der Waals surface area contributed by atoms with Gasteiger partial charge in [-0.15, -0.1) is 0 Å². The molecule has 120 valence electrons. The molecule has 0 radical (unpaired) electrons. The number of benzene rings is 1. The van der Waals surface area contributed by atoms with Crippen LogP contribution in [0.3, 0.4) is 0 Å². The second-order valence-electron chi connectivity index (χ2n) is 5.56. The second kappa shape index (κ2) is 7.45. The molecule has 5 nitrogen and oxygen atoms in total. The van der Waals surface area contributed by atoms with E-state index in [9.17, 15) is 4.79 Å². The van der Waals surface area contributed by atoms with Gasteiger partial charge < -0.3 is 0 Å². The van der Waals surface area contributed by atoms with Gasteiger partial charge in [0.15, 0.2) is 0 Å². The van der Waals surface area contributed by atoms with Crippen LogP contribution < -0.4 is 4.74 Å². The summed E-state index contributed by atoms with van der Waals surface area (Å²) in [5, 5.41) is 9.15. The molecule has 0 fully saturated rings. The van der Waals surface area contributed by atoms with E-state index in [-0.39, 0.29) is 14.5 Å². The number of hydrogen-bond donors (Lipinski definition) is 1. The Morgan fingerprint density at radius 2 is 2.22 bits per heavy atom. The van der Waals surface area contributed by atoms with Gasteiger partial charge in [0, 0.05) is 0 Å². The first kappa shape index (κ1) is 17.3. The van der Waals surface area contributed by atoms with Crippen molar-refractivity contribution in [3.63, 3.8) is 0 Å². The van der Waals surface area contributed by atoms with E-state index in [1.54, 1.807) is 19.1 Å². The molecule has 0 spiro atoms. The predicted molar refractivity (Wildman–Crippen MR) is 89.5 cm³/mol. The summed E-state index contributed by atoms with van der Waals surface area (Å²) < 4.78 is 6.80. The van der Waals surface area contributed by atoms with E-state index in [4.69, 9.17) is 16.4 Å². The van der Waals surface area contributed by atoms with Gasteiger partial charge in [-0.2, -0.15) is 0 Å². The summed E-state index contributed by atoms with van der Waals surface area (Å²) in [5.74, 6) is 0.198. The molecule has 0 saturated carbocycles. The minimum absolute atomic E-state index is 0.338. The molecule has 0 amide bonds. The van der Waals surface area contributed by atoms with E-state index in [0.29, 0.717) is 34.1 Å². The standard InChI is InChI=1S/C17H18N2O3Se/c1-10(2)7-8-22-14-6-5-12(9-13(14)18-4)16-19-11(3)15(23-16)17(20)21/h5-6,9-10H,7-8H2,1-3H3,(H,20,21). The third kappa shape index (κ3) is 4.22. The molecule has 0 saturated heterocycles. The molecule has 2 aromatic rings. The summed E-state index contributed by atoms with van der Waals surface area (Å²) in [6.07, 6.45) is 0.931. The summed E-state index contributed by atoms with van der Waals surface area (Å²) in [7, 11) is 0. The van der Waals surface area contributed by atoms with Gasteiger partial charge in [0.1, 0.15) is 0 Å². The number of carboxylic acids is 1. The number of ether oxygens (including phenoxy) is 1. The topological polar surface area (TPSA) is 63.8 Å². The Kier molecular flexibility index (Phi) is 5.59. The number of aromatic nitrogens is 1. The summed E-state index contributed by atoms with van der Waals surface area (Å²) in [4.78, 5) is 19.0. The molecular weight excluding hydrogens is 359 g/mol. The first-order valence-corrected chi connectivity index (χ1v) is 8.99. The average Bonchev–Trinajstić information content (AvgIpc) is 2.89. The molecule has 1 aromatic carbocycles. The monoisotopic (exact) mass is 378 g/mol. The molecule has 1 aromatic heterocycles. The normalized spacial score (nSPS) is 10.6. The maximum absolute atomic E-state index is 11.2. The van der Waals surface area contributed by atoms with Crippen LogP contribution >= 0.6 is 0 Å². The Hall–Kier alpha value is -2.09. The van der Waals surface area contributed by atoms with Crippen LogP contribution in [0.4, 0.5) is 5.69 Å². The summed E-state index contributed by atoms with van der Waals surface area (Å²) in [5.41, 5.74) is 1.78. The fraction of sp³-hybridized carbons (Fsp3) is 0.353. The van der Waals surface area contributed by atoms with Gasteiger partial charge in [-0.25, -0.2) is 0 Å². The summed E-state index contributed by atoms with van der Waals surface area (Å²) in [6.45, 7) is 13.9. The fourth-order valence-corrected chi connectivity index (χ4v) is 3.87. The van der Waals surface area contributed by atoms with Crippen molar-refractivity contribution in [3.8, 4) is 15.9 Å². The van der Waals surface area contributed by atoms with E-state index >= 15 is 0 Å². The van der Waals surface area contributed by atoms with Gasteiger partial charge in [-0.05, 0) is 0 Å². The van der Waals surface area contributed by atoms with Crippen LogP contribution in [0.15, 0.2) is 18.2 Å². The zero-order valence-corrected chi connectivity index (χ0v) is 15.0. The molecule has 0 aliphatic heterocycles. The summed E-state index contributed by atoms with van der Waals surface area (Å²) in [6, 6.07) is 5.35. The molecule has 2 rings (SSSR count). The van der Waals surface area contributed by atoms with Crippen molar-refractivity contribution in [1.29, 1.82) is 0 Å². The van der Waals surface area contributed by atoms with Crippen molar-refractivity contribution in [1.82, 2.24) is 4.98 Å². The van der Waals surface area contributed by atoms with Crippen molar-refractivity contribution in [2.45, 2.75) is 27.2 Å². The van der Waals surface area contributed by atoms with Gasteiger partial charge in [0.25, 0.3) is 0 Å². The number of nitrogens with zero attached hydrogens (tertiary/aromatic N) is 2. The molecule has 23 heavy (non-hydrogen) atoms. The van der Waals surface area contributed by atoms with Gasteiger partial charge in [-0.1, -0.05) is 0 Å². The molecule has 6 heteroatoms. The average molecular weight is 377 g/mol. The fourth-order valence-electron chi connectivity index (χ4n) is 1.98. The Bertz CT molecular complexity index is 760. The van der Waals surface area contributed by atoms with Crippen LogP contribution in [-0.4, -0.2) is 37.2 Å². The maximum atomic E-state index is 11.2. The second-order valence-corrected chi connectivity index (χ2v) is 7.66. The molecule has 0 unspecified atom stereocenters. The van der Waals surface area contributed by atoms with Crippen molar-refractivity contribution >= 4 is 26.2 Å². The van der Waals surface area contributed by atoms with Gasteiger partial charge in [0.2, 0.25) is 0 Å². The molecule has 0 atom stereocenters. The molecule has 0 aliphatic rings. The van der Waals surface area contributed by atoms with Crippen molar-refractivity contribution in [2.75, 3.05) is 6.61 Å². The third-order valence-corrected chi connectivity index (χ3v) is 5.78. The predicted octanol–water partition coefficient (Wildman–Crippen LogP) is 3.79. The van der Waals surface area contributed by atoms with Crippen LogP contribution in [0.2, 0.25) is 0 Å². The number of carbonyl (C=O) groups is 1.